The predicted octanol–water partition coefficient (Wildman–Crippen LogP) is 3.16. The molecule has 3 nitrogen and oxygen atoms in total. The molecule has 0 aliphatic heterocycles. The highest BCUT2D eigenvalue weighted by Crippen LogP contribution is 2.31. The van der Waals surface area contributed by atoms with Crippen molar-refractivity contribution in [2.24, 2.45) is 5.92 Å². The lowest BCUT2D eigenvalue weighted by Gasteiger charge is -2.17. The quantitative estimate of drug-likeness (QED) is 0.876. The van der Waals surface area contributed by atoms with Gasteiger partial charge in [-0.05, 0) is 24.6 Å². The smallest absolute Gasteiger partial charge is 0.126 e. The van der Waals surface area contributed by atoms with Crippen LogP contribution in [0.5, 0.6) is 5.75 Å². The summed E-state index contributed by atoms with van der Waals surface area (Å²) in [5.74, 6) is 1.11. The third kappa shape index (κ3) is 3.62. The van der Waals surface area contributed by atoms with Crippen LogP contribution in [0.1, 0.15) is 25.5 Å². The van der Waals surface area contributed by atoms with E-state index in [1.807, 2.05) is 12.1 Å². The van der Waals surface area contributed by atoms with Crippen LogP contribution in [0.3, 0.4) is 0 Å². The van der Waals surface area contributed by atoms with Crippen molar-refractivity contribution in [1.29, 1.82) is 5.26 Å². The maximum atomic E-state index is 9.21. The maximum Gasteiger partial charge on any atom is 0.126 e. The summed E-state index contributed by atoms with van der Waals surface area (Å²) in [7, 11) is 1.58. The molecule has 1 atom stereocenters. The van der Waals surface area contributed by atoms with Crippen LogP contribution in [-0.4, -0.2) is 13.7 Å². The normalized spacial score (nSPS) is 12.2. The minimum Gasteiger partial charge on any atom is -0.496 e. The third-order valence-electron chi connectivity index (χ3n) is 2.38. The molecule has 4 heteroatoms. The van der Waals surface area contributed by atoms with Crippen molar-refractivity contribution in [3.8, 4) is 11.8 Å². The summed E-state index contributed by atoms with van der Waals surface area (Å²) < 4.78 is 5.24. The van der Waals surface area contributed by atoms with Crippen molar-refractivity contribution in [3.05, 3.63) is 28.8 Å². The van der Waals surface area contributed by atoms with Crippen LogP contribution in [0.2, 0.25) is 5.02 Å². The van der Waals surface area contributed by atoms with Gasteiger partial charge in [0, 0.05) is 5.56 Å². The predicted molar refractivity (Wildman–Crippen MR) is 69.2 cm³/mol. The monoisotopic (exact) mass is 252 g/mol. The first-order valence-electron chi connectivity index (χ1n) is 5.55. The Morgan fingerprint density at radius 2 is 2.18 bits per heavy atom. The molecule has 0 heterocycles. The minimum absolute atomic E-state index is 0.443. The Bertz CT molecular complexity index is 412. The lowest BCUT2D eigenvalue weighted by Crippen LogP contribution is -2.25. The molecule has 0 saturated heterocycles. The Hall–Kier alpha value is -1.24. The van der Waals surface area contributed by atoms with Gasteiger partial charge in [-0.1, -0.05) is 31.5 Å². The van der Waals surface area contributed by atoms with Crippen LogP contribution in [0.4, 0.5) is 0 Å². The van der Waals surface area contributed by atoms with E-state index in [2.05, 4.69) is 25.2 Å². The Kier molecular flexibility index (Phi) is 5.27. The van der Waals surface area contributed by atoms with E-state index < -0.39 is 6.04 Å². The van der Waals surface area contributed by atoms with Crippen LogP contribution in [0.15, 0.2) is 18.2 Å². The molecule has 1 unspecified atom stereocenters. The first-order valence-corrected chi connectivity index (χ1v) is 5.93. The number of benzene rings is 1. The largest absolute Gasteiger partial charge is 0.496 e. The summed E-state index contributed by atoms with van der Waals surface area (Å²) in [5, 5.41) is 12.9. The van der Waals surface area contributed by atoms with Gasteiger partial charge < -0.3 is 4.74 Å². The summed E-state index contributed by atoms with van der Waals surface area (Å²) in [6.07, 6.45) is 0. The van der Waals surface area contributed by atoms with Gasteiger partial charge in [0.05, 0.1) is 18.2 Å². The van der Waals surface area contributed by atoms with E-state index in [1.54, 1.807) is 13.2 Å². The van der Waals surface area contributed by atoms with E-state index in [0.29, 0.717) is 22.3 Å². The number of halogens is 1. The molecule has 0 saturated carbocycles. The standard InChI is InChI=1S/C13H17ClN2O/c1-9(2)8-16-11(7-15)13-10(14)5-4-6-12(13)17-3/h4-6,9,11,16H,8H2,1-3H3. The van der Waals surface area contributed by atoms with E-state index in [0.717, 1.165) is 6.54 Å². The van der Waals surface area contributed by atoms with Crippen molar-refractivity contribution >= 4 is 11.6 Å². The van der Waals surface area contributed by atoms with Crippen LogP contribution in [0.25, 0.3) is 0 Å². The molecule has 0 aliphatic carbocycles. The zero-order valence-electron chi connectivity index (χ0n) is 10.3. The fourth-order valence-electron chi connectivity index (χ4n) is 1.54. The summed E-state index contributed by atoms with van der Waals surface area (Å²) in [6.45, 7) is 4.93. The number of nitriles is 1. The van der Waals surface area contributed by atoms with Gasteiger partial charge >= 0.3 is 0 Å². The van der Waals surface area contributed by atoms with Crippen molar-refractivity contribution in [2.75, 3.05) is 13.7 Å². The third-order valence-corrected chi connectivity index (χ3v) is 2.71. The molecule has 0 aliphatic rings. The zero-order chi connectivity index (χ0) is 12.8. The number of hydrogen-bond donors (Lipinski definition) is 1. The number of rotatable bonds is 5. The van der Waals surface area contributed by atoms with Crippen LogP contribution < -0.4 is 10.1 Å². The SMILES string of the molecule is COc1cccc(Cl)c1C(C#N)NCC(C)C. The fraction of sp³-hybridized carbons (Fsp3) is 0.462. The number of nitrogens with one attached hydrogen (secondary N) is 1. The van der Waals surface area contributed by atoms with Gasteiger partial charge in [0.1, 0.15) is 11.8 Å². The molecular weight excluding hydrogens is 236 g/mol. The average Bonchev–Trinajstić information content (AvgIpc) is 2.31. The fourth-order valence-corrected chi connectivity index (χ4v) is 1.82. The Labute approximate surface area is 107 Å². The number of methoxy groups -OCH3 is 1. The summed E-state index contributed by atoms with van der Waals surface area (Å²) in [6, 6.07) is 7.15. The molecule has 1 aromatic rings. The molecule has 92 valence electrons. The number of nitrogens with zero attached hydrogens (tertiary/aromatic N) is 1. The molecule has 17 heavy (non-hydrogen) atoms. The molecule has 0 bridgehead atoms. The second kappa shape index (κ2) is 6.48. The zero-order valence-corrected chi connectivity index (χ0v) is 11.1. The first-order chi connectivity index (χ1) is 8.10. The highest BCUT2D eigenvalue weighted by molar-refractivity contribution is 6.31. The van der Waals surface area contributed by atoms with Crippen LogP contribution in [-0.2, 0) is 0 Å². The van der Waals surface area contributed by atoms with Gasteiger partial charge in [0.2, 0.25) is 0 Å². The van der Waals surface area contributed by atoms with Crippen molar-refractivity contribution < 1.29 is 4.74 Å². The lowest BCUT2D eigenvalue weighted by molar-refractivity contribution is 0.403. The molecule has 0 fully saturated rings. The topological polar surface area (TPSA) is 45.0 Å². The Morgan fingerprint density at radius 1 is 1.47 bits per heavy atom. The van der Waals surface area contributed by atoms with Crippen molar-refractivity contribution in [2.45, 2.75) is 19.9 Å². The van der Waals surface area contributed by atoms with Crippen molar-refractivity contribution in [1.82, 2.24) is 5.32 Å². The average molecular weight is 253 g/mol. The molecule has 0 amide bonds. The molecule has 0 aromatic heterocycles. The van der Waals surface area contributed by atoms with Gasteiger partial charge in [-0.2, -0.15) is 5.26 Å². The highest BCUT2D eigenvalue weighted by Gasteiger charge is 2.18. The lowest BCUT2D eigenvalue weighted by atomic mass is 10.1. The Morgan fingerprint density at radius 3 is 2.71 bits per heavy atom. The van der Waals surface area contributed by atoms with Gasteiger partial charge in [0.25, 0.3) is 0 Å². The van der Waals surface area contributed by atoms with E-state index in [1.165, 1.54) is 0 Å². The highest BCUT2D eigenvalue weighted by atomic mass is 35.5. The first kappa shape index (κ1) is 13.8. The molecular formula is C13H17ClN2O. The molecule has 0 radical (unpaired) electrons. The Balaban J connectivity index is 2.99. The van der Waals surface area contributed by atoms with Gasteiger partial charge in [0.15, 0.2) is 0 Å². The van der Waals surface area contributed by atoms with E-state index in [-0.39, 0.29) is 0 Å². The molecule has 1 aromatic carbocycles. The summed E-state index contributed by atoms with van der Waals surface area (Å²) >= 11 is 6.13. The second-order valence-corrected chi connectivity index (χ2v) is 4.63. The van der Waals surface area contributed by atoms with Gasteiger partial charge in [-0.25, -0.2) is 0 Å². The van der Waals surface area contributed by atoms with E-state index in [4.69, 9.17) is 16.3 Å². The van der Waals surface area contributed by atoms with Crippen molar-refractivity contribution in [3.63, 3.8) is 0 Å². The maximum absolute atomic E-state index is 9.21. The second-order valence-electron chi connectivity index (χ2n) is 4.22. The van der Waals surface area contributed by atoms with E-state index >= 15 is 0 Å². The number of ether oxygens (including phenoxy) is 1. The molecule has 0 spiro atoms. The van der Waals surface area contributed by atoms with Gasteiger partial charge in [-0.15, -0.1) is 0 Å². The number of hydrogen-bond acceptors (Lipinski definition) is 3. The minimum atomic E-state index is -0.443. The van der Waals surface area contributed by atoms with Gasteiger partial charge in [-0.3, -0.25) is 5.32 Å². The van der Waals surface area contributed by atoms with Crippen LogP contribution in [0, 0.1) is 17.2 Å². The summed E-state index contributed by atoms with van der Waals surface area (Å²) in [4.78, 5) is 0. The molecule has 1 rings (SSSR count). The van der Waals surface area contributed by atoms with Crippen LogP contribution >= 0.6 is 11.6 Å². The van der Waals surface area contributed by atoms with E-state index in [9.17, 15) is 5.26 Å². The molecule has 1 N–H and O–H groups in total. The summed E-state index contributed by atoms with van der Waals surface area (Å²) in [5.41, 5.74) is 0.708.